The summed E-state index contributed by atoms with van der Waals surface area (Å²) < 4.78 is 0. The lowest BCUT2D eigenvalue weighted by atomic mass is 10.1. The van der Waals surface area contributed by atoms with E-state index in [9.17, 15) is 4.79 Å². The van der Waals surface area contributed by atoms with Gasteiger partial charge in [-0.15, -0.1) is 0 Å². The van der Waals surface area contributed by atoms with Gasteiger partial charge in [0.25, 0.3) is 0 Å². The summed E-state index contributed by atoms with van der Waals surface area (Å²) in [6.45, 7) is 0.728. The molecule has 1 amide bonds. The smallest absolute Gasteiger partial charge is 0.227 e. The van der Waals surface area contributed by atoms with E-state index >= 15 is 0 Å². The van der Waals surface area contributed by atoms with Crippen LogP contribution in [0.2, 0.25) is 0 Å². The molecule has 0 unspecified atom stereocenters. The number of benzene rings is 1. The minimum Gasteiger partial charge on any atom is -0.394 e. The van der Waals surface area contributed by atoms with Crippen LogP contribution in [0.4, 0.5) is 5.69 Å². The zero-order valence-corrected chi connectivity index (χ0v) is 9.10. The molecule has 4 nitrogen and oxygen atoms in total. The van der Waals surface area contributed by atoms with E-state index in [-0.39, 0.29) is 18.6 Å². The highest BCUT2D eigenvalue weighted by Crippen LogP contribution is 2.22. The Morgan fingerprint density at radius 3 is 2.56 bits per heavy atom. The lowest BCUT2D eigenvalue weighted by Gasteiger charge is -2.16. The Morgan fingerprint density at radius 1 is 1.38 bits per heavy atom. The van der Waals surface area contributed by atoms with Gasteiger partial charge in [0, 0.05) is 18.7 Å². The first-order valence-corrected chi connectivity index (χ1v) is 5.49. The second-order valence-electron chi connectivity index (χ2n) is 4.03. The van der Waals surface area contributed by atoms with Crippen LogP contribution in [-0.4, -0.2) is 24.2 Å². The highest BCUT2D eigenvalue weighted by molar-refractivity contribution is 5.95. The Balaban J connectivity index is 2.15. The quantitative estimate of drug-likeness (QED) is 0.792. The SMILES string of the molecule is N[C@@H](CO)c1ccc(N2CCCC2=O)cc1. The van der Waals surface area contributed by atoms with Gasteiger partial charge in [0.2, 0.25) is 5.91 Å². The zero-order chi connectivity index (χ0) is 11.5. The fourth-order valence-corrected chi connectivity index (χ4v) is 1.93. The summed E-state index contributed by atoms with van der Waals surface area (Å²) in [6.07, 6.45) is 1.56. The van der Waals surface area contributed by atoms with Crippen molar-refractivity contribution in [2.24, 2.45) is 5.73 Å². The third-order valence-corrected chi connectivity index (χ3v) is 2.90. The molecule has 86 valence electrons. The molecule has 3 N–H and O–H groups in total. The van der Waals surface area contributed by atoms with Gasteiger partial charge in [0.15, 0.2) is 0 Å². The Morgan fingerprint density at radius 2 is 2.06 bits per heavy atom. The average molecular weight is 220 g/mol. The fourth-order valence-electron chi connectivity index (χ4n) is 1.93. The second kappa shape index (κ2) is 4.63. The molecule has 1 aromatic rings. The second-order valence-corrected chi connectivity index (χ2v) is 4.03. The lowest BCUT2D eigenvalue weighted by Crippen LogP contribution is -2.23. The summed E-state index contributed by atoms with van der Waals surface area (Å²) in [5.74, 6) is 0.180. The summed E-state index contributed by atoms with van der Waals surface area (Å²) in [5, 5.41) is 8.92. The van der Waals surface area contributed by atoms with Crippen LogP contribution in [0.3, 0.4) is 0 Å². The van der Waals surface area contributed by atoms with E-state index in [1.54, 1.807) is 4.90 Å². The van der Waals surface area contributed by atoms with Crippen molar-refractivity contribution in [2.75, 3.05) is 18.1 Å². The van der Waals surface area contributed by atoms with E-state index in [4.69, 9.17) is 10.8 Å². The van der Waals surface area contributed by atoms with Crippen molar-refractivity contribution < 1.29 is 9.90 Å². The first-order chi connectivity index (χ1) is 7.72. The molecule has 0 aromatic heterocycles. The van der Waals surface area contributed by atoms with Crippen LogP contribution in [0.1, 0.15) is 24.4 Å². The molecule has 1 aliphatic heterocycles. The van der Waals surface area contributed by atoms with Gasteiger partial charge >= 0.3 is 0 Å². The van der Waals surface area contributed by atoms with Gasteiger partial charge < -0.3 is 15.7 Å². The topological polar surface area (TPSA) is 66.6 Å². The number of anilines is 1. The predicted molar refractivity (Wildman–Crippen MR) is 62.0 cm³/mol. The summed E-state index contributed by atoms with van der Waals surface area (Å²) in [4.78, 5) is 13.3. The normalized spacial score (nSPS) is 17.9. The molecule has 0 radical (unpaired) electrons. The van der Waals surface area contributed by atoms with Crippen molar-refractivity contribution in [2.45, 2.75) is 18.9 Å². The van der Waals surface area contributed by atoms with Crippen LogP contribution in [0, 0.1) is 0 Å². The molecule has 1 aromatic carbocycles. The standard InChI is InChI=1S/C12H16N2O2/c13-11(8-15)9-3-5-10(6-4-9)14-7-1-2-12(14)16/h3-6,11,15H,1-2,7-8,13H2/t11-/m0/s1. The van der Waals surface area contributed by atoms with Gasteiger partial charge in [-0.3, -0.25) is 4.79 Å². The molecule has 1 fully saturated rings. The van der Waals surface area contributed by atoms with Gasteiger partial charge in [0.1, 0.15) is 0 Å². The number of aliphatic hydroxyl groups is 1. The monoisotopic (exact) mass is 220 g/mol. The molecular formula is C12H16N2O2. The summed E-state index contributed by atoms with van der Waals surface area (Å²) in [6, 6.07) is 7.15. The summed E-state index contributed by atoms with van der Waals surface area (Å²) in [5.41, 5.74) is 7.49. The minimum atomic E-state index is -0.344. The lowest BCUT2D eigenvalue weighted by molar-refractivity contribution is -0.117. The van der Waals surface area contributed by atoms with Crippen LogP contribution in [0.15, 0.2) is 24.3 Å². The first kappa shape index (κ1) is 11.1. The molecule has 0 aliphatic carbocycles. The number of amides is 1. The third kappa shape index (κ3) is 2.08. The van der Waals surface area contributed by atoms with Gasteiger partial charge in [0.05, 0.1) is 12.6 Å². The van der Waals surface area contributed by atoms with Crippen molar-refractivity contribution in [3.63, 3.8) is 0 Å². The van der Waals surface area contributed by atoms with Gasteiger partial charge in [-0.2, -0.15) is 0 Å². The van der Waals surface area contributed by atoms with Crippen molar-refractivity contribution in [1.82, 2.24) is 0 Å². The molecule has 0 spiro atoms. The number of carbonyl (C=O) groups excluding carboxylic acids is 1. The molecule has 16 heavy (non-hydrogen) atoms. The van der Waals surface area contributed by atoms with Crippen LogP contribution < -0.4 is 10.6 Å². The summed E-state index contributed by atoms with van der Waals surface area (Å²) in [7, 11) is 0. The number of nitrogens with zero attached hydrogens (tertiary/aromatic N) is 1. The molecule has 0 bridgehead atoms. The molecule has 0 saturated carbocycles. The zero-order valence-electron chi connectivity index (χ0n) is 9.10. The Kier molecular flexibility index (Phi) is 3.22. The van der Waals surface area contributed by atoms with Gasteiger partial charge in [-0.1, -0.05) is 12.1 Å². The van der Waals surface area contributed by atoms with Gasteiger partial charge in [-0.05, 0) is 24.1 Å². The van der Waals surface area contributed by atoms with Crippen LogP contribution in [-0.2, 0) is 4.79 Å². The number of hydrogen-bond acceptors (Lipinski definition) is 3. The van der Waals surface area contributed by atoms with Gasteiger partial charge in [-0.25, -0.2) is 0 Å². The van der Waals surface area contributed by atoms with E-state index in [2.05, 4.69) is 0 Å². The Hall–Kier alpha value is -1.39. The molecular weight excluding hydrogens is 204 g/mol. The van der Waals surface area contributed by atoms with E-state index < -0.39 is 0 Å². The minimum absolute atomic E-state index is 0.0675. The van der Waals surface area contributed by atoms with Crippen LogP contribution in [0.5, 0.6) is 0 Å². The van der Waals surface area contributed by atoms with Crippen LogP contribution in [0.25, 0.3) is 0 Å². The van der Waals surface area contributed by atoms with E-state index in [0.29, 0.717) is 6.42 Å². The van der Waals surface area contributed by atoms with Crippen molar-refractivity contribution in [3.8, 4) is 0 Å². The van der Waals surface area contributed by atoms with E-state index in [1.807, 2.05) is 24.3 Å². The number of nitrogens with two attached hydrogens (primary N) is 1. The van der Waals surface area contributed by atoms with Crippen molar-refractivity contribution in [1.29, 1.82) is 0 Å². The summed E-state index contributed by atoms with van der Waals surface area (Å²) >= 11 is 0. The van der Waals surface area contributed by atoms with Crippen LogP contribution >= 0.6 is 0 Å². The highest BCUT2D eigenvalue weighted by atomic mass is 16.3. The average Bonchev–Trinajstić information content (AvgIpc) is 2.75. The molecule has 2 rings (SSSR count). The Labute approximate surface area is 94.7 Å². The van der Waals surface area contributed by atoms with E-state index in [0.717, 1.165) is 24.2 Å². The highest BCUT2D eigenvalue weighted by Gasteiger charge is 2.21. The Bertz CT molecular complexity index is 375. The largest absolute Gasteiger partial charge is 0.394 e. The number of carbonyl (C=O) groups is 1. The maximum absolute atomic E-state index is 11.5. The van der Waals surface area contributed by atoms with Crippen molar-refractivity contribution >= 4 is 11.6 Å². The molecule has 1 heterocycles. The number of hydrogen-bond donors (Lipinski definition) is 2. The number of aliphatic hydroxyl groups excluding tert-OH is 1. The molecule has 1 saturated heterocycles. The molecule has 4 heteroatoms. The molecule has 1 aliphatic rings. The maximum Gasteiger partial charge on any atom is 0.227 e. The third-order valence-electron chi connectivity index (χ3n) is 2.90. The van der Waals surface area contributed by atoms with Crippen molar-refractivity contribution in [3.05, 3.63) is 29.8 Å². The maximum atomic E-state index is 11.5. The fraction of sp³-hybridized carbons (Fsp3) is 0.417. The molecule has 1 atom stereocenters. The first-order valence-electron chi connectivity index (χ1n) is 5.49. The number of rotatable bonds is 3. The van der Waals surface area contributed by atoms with E-state index in [1.165, 1.54) is 0 Å². The predicted octanol–water partition coefficient (Wildman–Crippen LogP) is 0.805.